The van der Waals surface area contributed by atoms with Gasteiger partial charge in [-0.1, -0.05) is 13.3 Å². The van der Waals surface area contributed by atoms with Gasteiger partial charge in [0.1, 0.15) is 0 Å². The zero-order valence-corrected chi connectivity index (χ0v) is 10.4. The van der Waals surface area contributed by atoms with Gasteiger partial charge in [0, 0.05) is 6.20 Å². The van der Waals surface area contributed by atoms with E-state index in [1.807, 2.05) is 6.07 Å². The Kier molecular flexibility index (Phi) is 3.52. The zero-order chi connectivity index (χ0) is 13.2. The first-order valence-corrected chi connectivity index (χ1v) is 6.14. The smallest absolute Gasteiger partial charge is 0.409 e. The van der Waals surface area contributed by atoms with E-state index in [1.165, 1.54) is 6.20 Å². The van der Waals surface area contributed by atoms with Crippen molar-refractivity contribution in [1.29, 1.82) is 0 Å². The lowest BCUT2D eigenvalue weighted by Crippen LogP contribution is -2.33. The summed E-state index contributed by atoms with van der Waals surface area (Å²) in [5, 5.41) is 21.0. The minimum Gasteiger partial charge on any atom is -0.465 e. The summed E-state index contributed by atoms with van der Waals surface area (Å²) in [6, 6.07) is 1.84. The second-order valence-corrected chi connectivity index (χ2v) is 5.16. The Labute approximate surface area is 106 Å². The van der Waals surface area contributed by atoms with Crippen LogP contribution in [0.15, 0.2) is 18.5 Å². The average molecular weight is 250 g/mol. The van der Waals surface area contributed by atoms with Crippen molar-refractivity contribution >= 4 is 11.8 Å². The summed E-state index contributed by atoms with van der Waals surface area (Å²) >= 11 is 0. The van der Waals surface area contributed by atoms with Crippen molar-refractivity contribution < 1.29 is 15.0 Å². The molecule has 5 heteroatoms. The van der Waals surface area contributed by atoms with E-state index in [9.17, 15) is 9.90 Å². The Morgan fingerprint density at radius 1 is 1.61 bits per heavy atom. The highest BCUT2D eigenvalue weighted by Crippen LogP contribution is 2.41. The molecular formula is C13H18N2O3. The first-order chi connectivity index (χ1) is 8.51. The van der Waals surface area contributed by atoms with E-state index in [0.29, 0.717) is 12.1 Å². The molecule has 1 heterocycles. The Bertz CT molecular complexity index is 450. The lowest BCUT2D eigenvalue weighted by atomic mass is 9.70. The van der Waals surface area contributed by atoms with Gasteiger partial charge in [0.2, 0.25) is 0 Å². The van der Waals surface area contributed by atoms with E-state index in [0.717, 1.165) is 24.8 Å². The lowest BCUT2D eigenvalue weighted by molar-refractivity contribution is 0.0911. The van der Waals surface area contributed by atoms with Crippen LogP contribution in [0.2, 0.25) is 0 Å². The first-order valence-electron chi connectivity index (χ1n) is 6.14. The van der Waals surface area contributed by atoms with Crippen molar-refractivity contribution in [3.63, 3.8) is 0 Å². The van der Waals surface area contributed by atoms with Crippen molar-refractivity contribution in [3.05, 3.63) is 24.0 Å². The molecule has 98 valence electrons. The van der Waals surface area contributed by atoms with Gasteiger partial charge >= 0.3 is 6.09 Å². The molecule has 1 aromatic rings. The molecule has 1 aliphatic rings. The molecule has 0 saturated heterocycles. The van der Waals surface area contributed by atoms with Crippen LogP contribution in [0.5, 0.6) is 0 Å². The van der Waals surface area contributed by atoms with Gasteiger partial charge in [0.15, 0.2) is 0 Å². The van der Waals surface area contributed by atoms with Crippen LogP contribution in [-0.2, 0) is 5.41 Å². The van der Waals surface area contributed by atoms with Crippen LogP contribution in [0.4, 0.5) is 10.5 Å². The molecule has 1 fully saturated rings. The maximum Gasteiger partial charge on any atom is 0.409 e. The van der Waals surface area contributed by atoms with Crippen molar-refractivity contribution in [2.45, 2.75) is 44.1 Å². The lowest BCUT2D eigenvalue weighted by Gasteiger charge is -2.37. The molecule has 18 heavy (non-hydrogen) atoms. The number of pyridine rings is 1. The van der Waals surface area contributed by atoms with E-state index in [4.69, 9.17) is 5.11 Å². The van der Waals surface area contributed by atoms with Crippen molar-refractivity contribution in [1.82, 2.24) is 4.98 Å². The Morgan fingerprint density at radius 2 is 2.39 bits per heavy atom. The summed E-state index contributed by atoms with van der Waals surface area (Å²) in [5.41, 5.74) is 1.23. The summed E-state index contributed by atoms with van der Waals surface area (Å²) in [6.07, 6.45) is 5.16. The molecule has 0 aliphatic heterocycles. The van der Waals surface area contributed by atoms with E-state index >= 15 is 0 Å². The van der Waals surface area contributed by atoms with Crippen molar-refractivity contribution in [3.8, 4) is 0 Å². The van der Waals surface area contributed by atoms with Gasteiger partial charge in [0.05, 0.1) is 18.0 Å². The molecule has 1 saturated carbocycles. The number of nitrogens with zero attached hydrogens (tertiary/aromatic N) is 1. The van der Waals surface area contributed by atoms with E-state index in [1.54, 1.807) is 6.20 Å². The second kappa shape index (κ2) is 4.94. The number of carboxylic acid groups (broad SMARTS) is 1. The Balaban J connectivity index is 2.34. The summed E-state index contributed by atoms with van der Waals surface area (Å²) in [6.45, 7) is 2.07. The molecule has 5 nitrogen and oxygen atoms in total. The van der Waals surface area contributed by atoms with E-state index in [-0.39, 0.29) is 11.5 Å². The predicted octanol–water partition coefficient (Wildman–Crippen LogP) is 2.36. The largest absolute Gasteiger partial charge is 0.465 e. The number of aromatic nitrogens is 1. The Hall–Kier alpha value is -1.62. The third-order valence-corrected chi connectivity index (χ3v) is 3.66. The SMILES string of the molecule is CC1(c2ccncc2NC(=O)O)CCCC(O)C1. The average Bonchev–Trinajstić information content (AvgIpc) is 2.28. The fraction of sp³-hybridized carbons (Fsp3) is 0.538. The number of anilines is 1. The summed E-state index contributed by atoms with van der Waals surface area (Å²) < 4.78 is 0. The van der Waals surface area contributed by atoms with Crippen LogP contribution in [0.1, 0.15) is 38.2 Å². The van der Waals surface area contributed by atoms with Gasteiger partial charge in [0.25, 0.3) is 0 Å². The summed E-state index contributed by atoms with van der Waals surface area (Å²) in [5.74, 6) is 0. The molecule has 0 radical (unpaired) electrons. The van der Waals surface area contributed by atoms with Crippen LogP contribution >= 0.6 is 0 Å². The summed E-state index contributed by atoms with van der Waals surface area (Å²) in [7, 11) is 0. The number of amides is 1. The predicted molar refractivity (Wildman–Crippen MR) is 67.7 cm³/mol. The molecule has 2 atom stereocenters. The number of aliphatic hydroxyl groups is 1. The summed E-state index contributed by atoms with van der Waals surface area (Å²) in [4.78, 5) is 14.7. The number of nitrogens with one attached hydrogen (secondary N) is 1. The fourth-order valence-electron chi connectivity index (χ4n) is 2.83. The van der Waals surface area contributed by atoms with E-state index < -0.39 is 6.09 Å². The highest BCUT2D eigenvalue weighted by Gasteiger charge is 2.34. The van der Waals surface area contributed by atoms with Crippen LogP contribution in [0.3, 0.4) is 0 Å². The van der Waals surface area contributed by atoms with Gasteiger partial charge in [-0.3, -0.25) is 10.3 Å². The zero-order valence-electron chi connectivity index (χ0n) is 10.4. The monoisotopic (exact) mass is 250 g/mol. The highest BCUT2D eigenvalue weighted by molar-refractivity contribution is 5.84. The van der Waals surface area contributed by atoms with Gasteiger partial charge in [-0.05, 0) is 36.3 Å². The van der Waals surface area contributed by atoms with Crippen LogP contribution in [-0.4, -0.2) is 27.4 Å². The number of rotatable bonds is 2. The molecular weight excluding hydrogens is 232 g/mol. The second-order valence-electron chi connectivity index (χ2n) is 5.16. The highest BCUT2D eigenvalue weighted by atomic mass is 16.4. The molecule has 0 spiro atoms. The van der Waals surface area contributed by atoms with Gasteiger partial charge < -0.3 is 10.2 Å². The third-order valence-electron chi connectivity index (χ3n) is 3.66. The maximum atomic E-state index is 10.8. The molecule has 1 aliphatic carbocycles. The maximum absolute atomic E-state index is 10.8. The minimum atomic E-state index is -1.09. The van der Waals surface area contributed by atoms with Gasteiger partial charge in [-0.2, -0.15) is 0 Å². The number of hydrogen-bond acceptors (Lipinski definition) is 3. The molecule has 0 aromatic carbocycles. The quantitative estimate of drug-likeness (QED) is 0.752. The number of hydrogen-bond donors (Lipinski definition) is 3. The molecule has 1 amide bonds. The van der Waals surface area contributed by atoms with Crippen LogP contribution in [0.25, 0.3) is 0 Å². The minimum absolute atomic E-state index is 0.196. The normalized spacial score (nSPS) is 27.8. The fourth-order valence-corrected chi connectivity index (χ4v) is 2.83. The topological polar surface area (TPSA) is 82.5 Å². The van der Waals surface area contributed by atoms with Crippen molar-refractivity contribution in [2.24, 2.45) is 0 Å². The number of aliphatic hydroxyl groups excluding tert-OH is 1. The number of carbonyl (C=O) groups is 1. The Morgan fingerprint density at radius 3 is 3.06 bits per heavy atom. The molecule has 2 rings (SSSR count). The van der Waals surface area contributed by atoms with E-state index in [2.05, 4.69) is 17.2 Å². The standard InChI is InChI=1S/C13H18N2O3/c1-13(5-2-3-9(16)7-13)10-4-6-14-8-11(10)15-12(17)18/h4,6,8-9,15-16H,2-3,5,7H2,1H3,(H,17,18). The van der Waals surface area contributed by atoms with Crippen LogP contribution in [0, 0.1) is 0 Å². The van der Waals surface area contributed by atoms with Crippen molar-refractivity contribution in [2.75, 3.05) is 5.32 Å². The first kappa shape index (κ1) is 12.8. The molecule has 0 bridgehead atoms. The molecule has 2 unspecified atom stereocenters. The molecule has 1 aromatic heterocycles. The van der Waals surface area contributed by atoms with Gasteiger partial charge in [-0.15, -0.1) is 0 Å². The molecule has 3 N–H and O–H groups in total. The van der Waals surface area contributed by atoms with Gasteiger partial charge in [-0.25, -0.2) is 4.79 Å². The third kappa shape index (κ3) is 2.61. The van der Waals surface area contributed by atoms with Crippen LogP contribution < -0.4 is 5.32 Å².